The summed E-state index contributed by atoms with van der Waals surface area (Å²) in [4.78, 5) is 11.5. The highest BCUT2D eigenvalue weighted by molar-refractivity contribution is 5.79. The third kappa shape index (κ3) is 2.71. The lowest BCUT2D eigenvalue weighted by atomic mass is 9.88. The van der Waals surface area contributed by atoms with Crippen molar-refractivity contribution >= 4 is 5.97 Å². The van der Waals surface area contributed by atoms with Crippen LogP contribution in [0, 0.1) is 0 Å². The monoisotopic (exact) mass is 249 g/mol. The van der Waals surface area contributed by atoms with Crippen molar-refractivity contribution in [1.82, 2.24) is 5.32 Å². The van der Waals surface area contributed by atoms with Crippen LogP contribution in [-0.2, 0) is 9.53 Å². The molecule has 1 aromatic rings. The number of benzene rings is 1. The Bertz CT molecular complexity index is 399. The zero-order valence-corrected chi connectivity index (χ0v) is 10.6. The normalized spacial score (nSPS) is 20.3. The van der Waals surface area contributed by atoms with E-state index in [0.29, 0.717) is 26.1 Å². The summed E-state index contributed by atoms with van der Waals surface area (Å²) in [6.45, 7) is 3.00. The van der Waals surface area contributed by atoms with Crippen molar-refractivity contribution in [2.75, 3.05) is 13.2 Å². The van der Waals surface area contributed by atoms with E-state index in [1.54, 1.807) is 0 Å². The maximum atomic E-state index is 11.5. The molecule has 0 aromatic heterocycles. The number of hydrogen-bond donors (Lipinski definition) is 2. The third-order valence-electron chi connectivity index (χ3n) is 3.55. The van der Waals surface area contributed by atoms with Gasteiger partial charge in [0.1, 0.15) is 5.54 Å². The van der Waals surface area contributed by atoms with E-state index in [-0.39, 0.29) is 6.04 Å². The SMILES string of the molecule is CC(NC1(C(=O)O)CCOCC1)c1ccccc1. The molecule has 0 bridgehead atoms. The van der Waals surface area contributed by atoms with E-state index in [2.05, 4.69) is 5.32 Å². The maximum absolute atomic E-state index is 11.5. The van der Waals surface area contributed by atoms with Crippen LogP contribution in [0.4, 0.5) is 0 Å². The number of carboxylic acid groups (broad SMARTS) is 1. The van der Waals surface area contributed by atoms with Crippen LogP contribution in [0.3, 0.4) is 0 Å². The molecule has 18 heavy (non-hydrogen) atoms. The van der Waals surface area contributed by atoms with Crippen molar-refractivity contribution in [3.8, 4) is 0 Å². The molecule has 1 aliphatic rings. The molecule has 0 radical (unpaired) electrons. The Hall–Kier alpha value is -1.39. The molecule has 4 nitrogen and oxygen atoms in total. The van der Waals surface area contributed by atoms with Crippen molar-refractivity contribution in [3.05, 3.63) is 35.9 Å². The van der Waals surface area contributed by atoms with Crippen molar-refractivity contribution in [2.24, 2.45) is 0 Å². The minimum absolute atomic E-state index is 0.0143. The molecule has 0 spiro atoms. The van der Waals surface area contributed by atoms with Gasteiger partial charge in [-0.2, -0.15) is 0 Å². The van der Waals surface area contributed by atoms with Gasteiger partial charge in [0.25, 0.3) is 0 Å². The number of carbonyl (C=O) groups is 1. The van der Waals surface area contributed by atoms with E-state index in [1.807, 2.05) is 37.3 Å². The zero-order chi connectivity index (χ0) is 13.0. The van der Waals surface area contributed by atoms with Crippen molar-refractivity contribution in [3.63, 3.8) is 0 Å². The summed E-state index contributed by atoms with van der Waals surface area (Å²) in [7, 11) is 0. The van der Waals surface area contributed by atoms with E-state index >= 15 is 0 Å². The van der Waals surface area contributed by atoms with Gasteiger partial charge in [-0.25, -0.2) is 0 Å². The summed E-state index contributed by atoms with van der Waals surface area (Å²) >= 11 is 0. The van der Waals surface area contributed by atoms with Crippen LogP contribution < -0.4 is 5.32 Å². The van der Waals surface area contributed by atoms with Crippen LogP contribution >= 0.6 is 0 Å². The summed E-state index contributed by atoms with van der Waals surface area (Å²) in [5.41, 5.74) is 0.248. The largest absolute Gasteiger partial charge is 0.480 e. The van der Waals surface area contributed by atoms with Crippen LogP contribution in [0.1, 0.15) is 31.4 Å². The van der Waals surface area contributed by atoms with Crippen LogP contribution in [0.25, 0.3) is 0 Å². The Kier molecular flexibility index (Phi) is 3.99. The van der Waals surface area contributed by atoms with E-state index in [9.17, 15) is 9.90 Å². The van der Waals surface area contributed by atoms with Crippen LogP contribution in [0.15, 0.2) is 30.3 Å². The predicted octanol–water partition coefficient (Wildman–Crippen LogP) is 1.97. The highest BCUT2D eigenvalue weighted by atomic mass is 16.5. The summed E-state index contributed by atoms with van der Waals surface area (Å²) in [6.07, 6.45) is 1.03. The molecule has 1 heterocycles. The first kappa shape index (κ1) is 13.1. The highest BCUT2D eigenvalue weighted by Gasteiger charge is 2.41. The number of aliphatic carboxylic acids is 1. The molecule has 2 rings (SSSR count). The van der Waals surface area contributed by atoms with Gasteiger partial charge in [-0.15, -0.1) is 0 Å². The van der Waals surface area contributed by atoms with Crippen LogP contribution in [0.2, 0.25) is 0 Å². The molecule has 98 valence electrons. The third-order valence-corrected chi connectivity index (χ3v) is 3.55. The second-order valence-electron chi connectivity index (χ2n) is 4.78. The first-order valence-electron chi connectivity index (χ1n) is 6.28. The Morgan fingerprint density at radius 2 is 1.94 bits per heavy atom. The Morgan fingerprint density at radius 3 is 2.50 bits per heavy atom. The zero-order valence-electron chi connectivity index (χ0n) is 10.6. The molecular formula is C14H19NO3. The van der Waals surface area contributed by atoms with Gasteiger partial charge >= 0.3 is 5.97 Å². The van der Waals surface area contributed by atoms with Gasteiger partial charge in [-0.1, -0.05) is 30.3 Å². The number of carboxylic acids is 1. The van der Waals surface area contributed by atoms with E-state index in [4.69, 9.17) is 4.74 Å². The van der Waals surface area contributed by atoms with Crippen LogP contribution in [0.5, 0.6) is 0 Å². The van der Waals surface area contributed by atoms with E-state index < -0.39 is 11.5 Å². The minimum atomic E-state index is -0.854. The molecule has 0 amide bonds. The number of hydrogen-bond acceptors (Lipinski definition) is 3. The van der Waals surface area contributed by atoms with Gasteiger partial charge in [-0.05, 0) is 25.3 Å². The molecule has 1 aromatic carbocycles. The maximum Gasteiger partial charge on any atom is 0.324 e. The summed E-state index contributed by atoms with van der Waals surface area (Å²) in [6, 6.07) is 9.91. The van der Waals surface area contributed by atoms with Gasteiger partial charge in [0.05, 0.1) is 0 Å². The average molecular weight is 249 g/mol. The van der Waals surface area contributed by atoms with Crippen molar-refractivity contribution in [1.29, 1.82) is 0 Å². The first-order valence-corrected chi connectivity index (χ1v) is 6.28. The predicted molar refractivity (Wildman–Crippen MR) is 68.4 cm³/mol. The summed E-state index contributed by atoms with van der Waals surface area (Å²) in [5, 5.41) is 12.7. The molecular weight excluding hydrogens is 230 g/mol. The van der Waals surface area contributed by atoms with Gasteiger partial charge in [0.2, 0.25) is 0 Å². The van der Waals surface area contributed by atoms with Gasteiger partial charge in [-0.3, -0.25) is 10.1 Å². The number of rotatable bonds is 4. The quantitative estimate of drug-likeness (QED) is 0.856. The number of nitrogens with one attached hydrogen (secondary N) is 1. The molecule has 0 saturated carbocycles. The topological polar surface area (TPSA) is 58.6 Å². The van der Waals surface area contributed by atoms with Gasteiger partial charge < -0.3 is 9.84 Å². The Morgan fingerprint density at radius 1 is 1.33 bits per heavy atom. The molecule has 1 atom stereocenters. The van der Waals surface area contributed by atoms with Crippen molar-refractivity contribution in [2.45, 2.75) is 31.3 Å². The second-order valence-corrected chi connectivity index (χ2v) is 4.78. The lowest BCUT2D eigenvalue weighted by Crippen LogP contribution is -2.56. The summed E-state index contributed by atoms with van der Waals surface area (Å²) < 4.78 is 5.26. The fourth-order valence-electron chi connectivity index (χ4n) is 2.38. The fraction of sp³-hybridized carbons (Fsp3) is 0.500. The Balaban J connectivity index is 2.12. The lowest BCUT2D eigenvalue weighted by molar-refractivity contribution is -0.149. The number of ether oxygens (including phenoxy) is 1. The molecule has 0 aliphatic carbocycles. The second kappa shape index (κ2) is 5.50. The standard InChI is InChI=1S/C14H19NO3/c1-11(12-5-3-2-4-6-12)15-14(13(16)17)7-9-18-10-8-14/h2-6,11,15H,7-10H2,1H3,(H,16,17). The molecule has 1 aliphatic heterocycles. The minimum Gasteiger partial charge on any atom is -0.480 e. The Labute approximate surface area is 107 Å². The fourth-order valence-corrected chi connectivity index (χ4v) is 2.38. The lowest BCUT2D eigenvalue weighted by Gasteiger charge is -2.36. The van der Waals surface area contributed by atoms with Crippen LogP contribution in [-0.4, -0.2) is 29.8 Å². The van der Waals surface area contributed by atoms with Gasteiger partial charge in [0, 0.05) is 19.3 Å². The molecule has 2 N–H and O–H groups in total. The molecule has 1 saturated heterocycles. The molecule has 1 fully saturated rings. The smallest absolute Gasteiger partial charge is 0.324 e. The van der Waals surface area contributed by atoms with Gasteiger partial charge in [0.15, 0.2) is 0 Å². The van der Waals surface area contributed by atoms with E-state index in [0.717, 1.165) is 5.56 Å². The van der Waals surface area contributed by atoms with Crippen molar-refractivity contribution < 1.29 is 14.6 Å². The molecule has 4 heteroatoms. The average Bonchev–Trinajstić information content (AvgIpc) is 2.40. The first-order chi connectivity index (χ1) is 8.64. The van der Waals surface area contributed by atoms with E-state index in [1.165, 1.54) is 0 Å². The highest BCUT2D eigenvalue weighted by Crippen LogP contribution is 2.25. The summed E-state index contributed by atoms with van der Waals surface area (Å²) in [5.74, 6) is -0.784. The molecule has 1 unspecified atom stereocenters.